The predicted molar refractivity (Wildman–Crippen MR) is 85.3 cm³/mol. The summed E-state index contributed by atoms with van der Waals surface area (Å²) in [7, 11) is 0. The number of benzene rings is 1. The second-order valence-electron chi connectivity index (χ2n) is 5.29. The van der Waals surface area contributed by atoms with Crippen LogP contribution in [0.4, 0.5) is 5.69 Å². The van der Waals surface area contributed by atoms with E-state index in [1.54, 1.807) is 0 Å². The maximum Gasteiger partial charge on any atom is 0.185 e. The first-order valence-corrected chi connectivity index (χ1v) is 7.46. The van der Waals surface area contributed by atoms with Crippen LogP contribution in [0.15, 0.2) is 18.2 Å². The van der Waals surface area contributed by atoms with Crippen LogP contribution in [0.3, 0.4) is 0 Å². The molecular weight excluding hydrogens is 254 g/mol. The van der Waals surface area contributed by atoms with Crippen molar-refractivity contribution in [3.05, 3.63) is 29.3 Å². The van der Waals surface area contributed by atoms with Crippen molar-refractivity contribution in [2.75, 3.05) is 18.4 Å². The highest BCUT2D eigenvalue weighted by Gasteiger charge is 2.10. The van der Waals surface area contributed by atoms with Gasteiger partial charge >= 0.3 is 0 Å². The summed E-state index contributed by atoms with van der Waals surface area (Å²) in [5.41, 5.74) is 6.85. The number of aryl methyl sites for hydroxylation is 2. The van der Waals surface area contributed by atoms with E-state index < -0.39 is 0 Å². The van der Waals surface area contributed by atoms with E-state index in [4.69, 9.17) is 12.2 Å². The van der Waals surface area contributed by atoms with Crippen LogP contribution in [0.25, 0.3) is 0 Å². The highest BCUT2D eigenvalue weighted by Crippen LogP contribution is 2.16. The van der Waals surface area contributed by atoms with E-state index in [0.717, 1.165) is 18.8 Å². The normalized spacial score (nSPS) is 16.7. The highest BCUT2D eigenvalue weighted by atomic mass is 32.1. The number of hydrazine groups is 1. The van der Waals surface area contributed by atoms with Crippen LogP contribution in [0.2, 0.25) is 0 Å². The Hall–Kier alpha value is -1.13. The summed E-state index contributed by atoms with van der Waals surface area (Å²) in [5.74, 6) is 0. The molecule has 1 aliphatic heterocycles. The molecule has 1 aromatic rings. The smallest absolute Gasteiger partial charge is 0.185 e. The highest BCUT2D eigenvalue weighted by molar-refractivity contribution is 7.80. The molecule has 1 fully saturated rings. The minimum Gasteiger partial charge on any atom is -0.331 e. The zero-order chi connectivity index (χ0) is 13.7. The molecule has 1 aromatic carbocycles. The standard InChI is InChI=1S/C15H23N3S/c1-12-7-8-13(2)14(11-12)16-15(19)17-18-9-5-3-4-6-10-18/h7-8,11H,3-6,9-10H2,1-2H3,(H2,16,17,19). The fraction of sp³-hybridized carbons (Fsp3) is 0.533. The van der Waals surface area contributed by atoms with Crippen molar-refractivity contribution in [1.82, 2.24) is 10.4 Å². The van der Waals surface area contributed by atoms with E-state index in [2.05, 4.69) is 47.8 Å². The van der Waals surface area contributed by atoms with Crippen LogP contribution in [0, 0.1) is 13.8 Å². The number of nitrogens with zero attached hydrogens (tertiary/aromatic N) is 1. The number of hydrogen-bond donors (Lipinski definition) is 2. The van der Waals surface area contributed by atoms with Crippen LogP contribution in [0.5, 0.6) is 0 Å². The number of thiocarbonyl (C=S) groups is 1. The quantitative estimate of drug-likeness (QED) is 0.810. The van der Waals surface area contributed by atoms with Crippen LogP contribution in [0.1, 0.15) is 36.8 Å². The average Bonchev–Trinajstić information content (AvgIpc) is 2.62. The topological polar surface area (TPSA) is 27.3 Å². The van der Waals surface area contributed by atoms with Gasteiger partial charge in [-0.05, 0) is 56.1 Å². The zero-order valence-corrected chi connectivity index (χ0v) is 12.6. The van der Waals surface area contributed by atoms with Crippen LogP contribution >= 0.6 is 12.2 Å². The summed E-state index contributed by atoms with van der Waals surface area (Å²) in [5, 5.41) is 6.22. The predicted octanol–water partition coefficient (Wildman–Crippen LogP) is 3.38. The Balaban J connectivity index is 1.91. The van der Waals surface area contributed by atoms with E-state index in [-0.39, 0.29) is 0 Å². The van der Waals surface area contributed by atoms with Gasteiger partial charge in [0, 0.05) is 18.8 Å². The lowest BCUT2D eigenvalue weighted by Gasteiger charge is -2.23. The maximum absolute atomic E-state index is 5.40. The SMILES string of the molecule is Cc1ccc(C)c(NC(=S)NN2CCCCCC2)c1. The van der Waals surface area contributed by atoms with Crippen molar-refractivity contribution >= 4 is 23.0 Å². The molecule has 3 nitrogen and oxygen atoms in total. The Morgan fingerprint density at radius 2 is 1.79 bits per heavy atom. The molecule has 0 radical (unpaired) electrons. The average molecular weight is 277 g/mol. The molecule has 0 aromatic heterocycles. The summed E-state index contributed by atoms with van der Waals surface area (Å²) in [6, 6.07) is 6.36. The van der Waals surface area contributed by atoms with Gasteiger partial charge in [0.05, 0.1) is 0 Å². The van der Waals surface area contributed by atoms with E-state index in [1.807, 2.05) is 0 Å². The first kappa shape index (κ1) is 14.3. The molecule has 0 aliphatic carbocycles. The van der Waals surface area contributed by atoms with Gasteiger partial charge in [0.2, 0.25) is 0 Å². The largest absolute Gasteiger partial charge is 0.331 e. The van der Waals surface area contributed by atoms with Gasteiger partial charge < -0.3 is 5.32 Å². The van der Waals surface area contributed by atoms with Crippen molar-refractivity contribution < 1.29 is 0 Å². The summed E-state index contributed by atoms with van der Waals surface area (Å²) in [4.78, 5) is 0. The molecule has 19 heavy (non-hydrogen) atoms. The molecule has 0 bridgehead atoms. The minimum atomic E-state index is 0.690. The molecule has 2 rings (SSSR count). The number of rotatable bonds is 2. The summed E-state index contributed by atoms with van der Waals surface area (Å²) in [6.07, 6.45) is 5.16. The number of anilines is 1. The van der Waals surface area contributed by atoms with Crippen molar-refractivity contribution in [3.8, 4) is 0 Å². The van der Waals surface area contributed by atoms with Gasteiger partial charge in [-0.15, -0.1) is 0 Å². The lowest BCUT2D eigenvalue weighted by Crippen LogP contribution is -2.44. The van der Waals surface area contributed by atoms with Crippen molar-refractivity contribution in [3.63, 3.8) is 0 Å². The second-order valence-corrected chi connectivity index (χ2v) is 5.69. The lowest BCUT2D eigenvalue weighted by molar-refractivity contribution is 0.247. The van der Waals surface area contributed by atoms with Crippen LogP contribution in [-0.2, 0) is 0 Å². The lowest BCUT2D eigenvalue weighted by atomic mass is 10.1. The molecule has 1 saturated heterocycles. The molecular formula is C15H23N3S. The Morgan fingerprint density at radius 3 is 2.47 bits per heavy atom. The Labute approximate surface area is 121 Å². The van der Waals surface area contributed by atoms with Gasteiger partial charge in [-0.3, -0.25) is 5.43 Å². The monoisotopic (exact) mass is 277 g/mol. The molecule has 2 N–H and O–H groups in total. The summed E-state index contributed by atoms with van der Waals surface area (Å²) in [6.45, 7) is 6.34. The first-order valence-electron chi connectivity index (χ1n) is 7.05. The van der Waals surface area contributed by atoms with Gasteiger partial charge in [0.15, 0.2) is 5.11 Å². The van der Waals surface area contributed by atoms with Crippen molar-refractivity contribution in [2.45, 2.75) is 39.5 Å². The first-order chi connectivity index (χ1) is 9.15. The van der Waals surface area contributed by atoms with Crippen molar-refractivity contribution in [1.29, 1.82) is 0 Å². The summed E-state index contributed by atoms with van der Waals surface area (Å²) < 4.78 is 0. The van der Waals surface area contributed by atoms with E-state index >= 15 is 0 Å². The second kappa shape index (κ2) is 6.87. The van der Waals surface area contributed by atoms with Crippen LogP contribution < -0.4 is 10.7 Å². The van der Waals surface area contributed by atoms with Crippen molar-refractivity contribution in [2.24, 2.45) is 0 Å². The fourth-order valence-electron chi connectivity index (χ4n) is 2.35. The van der Waals surface area contributed by atoms with E-state index in [9.17, 15) is 0 Å². The Bertz CT molecular complexity index is 437. The van der Waals surface area contributed by atoms with Gasteiger partial charge in [-0.1, -0.05) is 25.0 Å². The minimum absolute atomic E-state index is 0.690. The Morgan fingerprint density at radius 1 is 1.11 bits per heavy atom. The van der Waals surface area contributed by atoms with E-state index in [0.29, 0.717) is 5.11 Å². The van der Waals surface area contributed by atoms with Crippen LogP contribution in [-0.4, -0.2) is 23.2 Å². The number of hydrogen-bond acceptors (Lipinski definition) is 2. The third kappa shape index (κ3) is 4.48. The van der Waals surface area contributed by atoms with E-state index in [1.165, 1.54) is 36.8 Å². The van der Waals surface area contributed by atoms with Gasteiger partial charge in [0.1, 0.15) is 0 Å². The third-order valence-corrected chi connectivity index (χ3v) is 3.70. The molecule has 0 unspecified atom stereocenters. The number of nitrogens with one attached hydrogen (secondary N) is 2. The third-order valence-electron chi connectivity index (χ3n) is 3.51. The summed E-state index contributed by atoms with van der Waals surface area (Å²) >= 11 is 5.40. The zero-order valence-electron chi connectivity index (χ0n) is 11.8. The van der Waals surface area contributed by atoms with Gasteiger partial charge in [0.25, 0.3) is 0 Å². The molecule has 0 spiro atoms. The fourth-order valence-corrected chi connectivity index (χ4v) is 2.59. The molecule has 0 atom stereocenters. The molecule has 4 heteroatoms. The molecule has 104 valence electrons. The molecule has 0 amide bonds. The Kier molecular flexibility index (Phi) is 5.16. The molecule has 0 saturated carbocycles. The molecule has 1 aliphatic rings. The van der Waals surface area contributed by atoms with Gasteiger partial charge in [-0.2, -0.15) is 0 Å². The van der Waals surface area contributed by atoms with Gasteiger partial charge in [-0.25, -0.2) is 5.01 Å². The maximum atomic E-state index is 5.40. The molecule has 1 heterocycles.